The molecule has 1 saturated carbocycles. The number of rotatable bonds is 2. The lowest BCUT2D eigenvalue weighted by molar-refractivity contribution is -0.255. The van der Waals surface area contributed by atoms with Gasteiger partial charge in [0.05, 0.1) is 11.2 Å². The summed E-state index contributed by atoms with van der Waals surface area (Å²) in [7, 11) is -5.24. The molecular weight excluding hydrogens is 231 g/mol. The Hall–Kier alpha value is -0.400. The van der Waals surface area contributed by atoms with Crippen molar-refractivity contribution in [3.63, 3.8) is 0 Å². The second kappa shape index (κ2) is 3.04. The molecule has 0 N–H and O–H groups in total. The van der Waals surface area contributed by atoms with Crippen molar-refractivity contribution in [3.05, 3.63) is 0 Å². The molecule has 0 amide bonds. The average Bonchev–Trinajstić information content (AvgIpc) is 1.76. The van der Waals surface area contributed by atoms with E-state index < -0.39 is 46.6 Å². The highest BCUT2D eigenvalue weighted by Gasteiger charge is 2.64. The van der Waals surface area contributed by atoms with Crippen molar-refractivity contribution in [2.45, 2.75) is 25.2 Å². The van der Waals surface area contributed by atoms with Crippen LogP contribution in [0.5, 0.6) is 0 Å². The first-order valence-corrected chi connectivity index (χ1v) is 5.24. The van der Waals surface area contributed by atoms with Gasteiger partial charge < -0.3 is 0 Å². The smallest absolute Gasteiger partial charge is 0.247 e. The van der Waals surface area contributed by atoms with Crippen LogP contribution in [0.3, 0.4) is 0 Å². The number of halogens is 5. The molecule has 0 saturated heterocycles. The van der Waals surface area contributed by atoms with E-state index in [1.54, 1.807) is 0 Å². The predicted octanol–water partition coefficient (Wildman–Crippen LogP) is 1.97. The van der Waals surface area contributed by atoms with Crippen LogP contribution in [0, 0.1) is 5.41 Å². The maximum atomic E-state index is 12.3. The van der Waals surface area contributed by atoms with Gasteiger partial charge in [-0.15, -0.1) is 3.89 Å². The van der Waals surface area contributed by atoms with Gasteiger partial charge in [0.1, 0.15) is 6.17 Å². The Labute approximate surface area is 77.3 Å². The van der Waals surface area contributed by atoms with Gasteiger partial charge in [-0.3, -0.25) is 0 Å². The van der Waals surface area contributed by atoms with Gasteiger partial charge in [0.2, 0.25) is 0 Å². The predicted molar refractivity (Wildman–Crippen MR) is 37.5 cm³/mol. The second-order valence-corrected chi connectivity index (χ2v) is 4.83. The number of alkyl halides is 4. The van der Waals surface area contributed by atoms with E-state index in [9.17, 15) is 29.9 Å². The second-order valence-electron chi connectivity index (χ2n) is 3.47. The summed E-state index contributed by atoms with van der Waals surface area (Å²) in [5.74, 6) is -1.68. The lowest BCUT2D eigenvalue weighted by atomic mass is 9.68. The molecule has 0 spiro atoms. The molecule has 2 nitrogen and oxygen atoms in total. The number of hydrogen-bond acceptors (Lipinski definition) is 2. The maximum Gasteiger partial charge on any atom is 0.395 e. The Morgan fingerprint density at radius 3 is 1.93 bits per heavy atom. The highest BCUT2D eigenvalue weighted by molar-refractivity contribution is 7.86. The molecule has 0 aromatic carbocycles. The Bertz CT molecular complexity index is 314. The lowest BCUT2D eigenvalue weighted by Gasteiger charge is -2.44. The first-order chi connectivity index (χ1) is 6.06. The van der Waals surface area contributed by atoms with Crippen LogP contribution in [0.15, 0.2) is 0 Å². The van der Waals surface area contributed by atoms with Crippen molar-refractivity contribution in [3.8, 4) is 0 Å². The zero-order valence-corrected chi connectivity index (χ0v) is 7.63. The summed E-state index contributed by atoms with van der Waals surface area (Å²) in [4.78, 5) is 0. The molecule has 1 rings (SSSR count). The van der Waals surface area contributed by atoms with Gasteiger partial charge in [0.15, 0.2) is 0 Å². The van der Waals surface area contributed by atoms with E-state index in [-0.39, 0.29) is 0 Å². The van der Waals surface area contributed by atoms with Gasteiger partial charge in [-0.05, 0) is 12.8 Å². The fourth-order valence-corrected chi connectivity index (χ4v) is 2.61. The molecule has 0 heterocycles. The van der Waals surface area contributed by atoms with Crippen molar-refractivity contribution in [2.75, 3.05) is 5.75 Å². The largest absolute Gasteiger partial charge is 0.395 e. The first kappa shape index (κ1) is 11.7. The van der Waals surface area contributed by atoms with E-state index >= 15 is 0 Å². The Morgan fingerprint density at radius 2 is 1.71 bits per heavy atom. The van der Waals surface area contributed by atoms with Crippen molar-refractivity contribution < 1.29 is 29.9 Å². The minimum absolute atomic E-state index is 0.973. The van der Waals surface area contributed by atoms with Crippen molar-refractivity contribution >= 4 is 10.2 Å². The van der Waals surface area contributed by atoms with Gasteiger partial charge in [-0.1, -0.05) is 0 Å². The minimum Gasteiger partial charge on any atom is -0.247 e. The third-order valence-corrected chi connectivity index (χ3v) is 3.17. The summed E-state index contributed by atoms with van der Waals surface area (Å²) in [6.07, 6.45) is -8.52. The van der Waals surface area contributed by atoms with E-state index in [1.165, 1.54) is 0 Å². The third kappa shape index (κ3) is 2.15. The molecule has 1 aliphatic carbocycles. The van der Waals surface area contributed by atoms with Crippen LogP contribution in [0.1, 0.15) is 12.8 Å². The molecule has 0 aromatic heterocycles. The molecule has 1 fully saturated rings. The fourth-order valence-electron chi connectivity index (χ4n) is 1.55. The SMILES string of the molecule is O=S(=O)(F)CC1(C(F)(F)F)CC(F)C1. The molecule has 0 radical (unpaired) electrons. The molecule has 0 atom stereocenters. The van der Waals surface area contributed by atoms with Crippen LogP contribution in [0.2, 0.25) is 0 Å². The van der Waals surface area contributed by atoms with Gasteiger partial charge in [-0.25, -0.2) is 4.39 Å². The summed E-state index contributed by atoms with van der Waals surface area (Å²) in [5, 5.41) is 0. The van der Waals surface area contributed by atoms with Crippen molar-refractivity contribution in [1.82, 2.24) is 0 Å². The fraction of sp³-hybridized carbons (Fsp3) is 1.00. The summed E-state index contributed by atoms with van der Waals surface area (Å²) in [6.45, 7) is 0. The Morgan fingerprint density at radius 1 is 1.29 bits per heavy atom. The molecule has 14 heavy (non-hydrogen) atoms. The first-order valence-electron chi connectivity index (χ1n) is 3.69. The zero-order chi connectivity index (χ0) is 11.2. The van der Waals surface area contributed by atoms with Crippen LogP contribution in [-0.4, -0.2) is 26.5 Å². The average molecular weight is 238 g/mol. The summed E-state index contributed by atoms with van der Waals surface area (Å²) >= 11 is 0. The van der Waals surface area contributed by atoms with Gasteiger partial charge in [0, 0.05) is 0 Å². The molecule has 0 unspecified atom stereocenters. The maximum absolute atomic E-state index is 12.3. The van der Waals surface area contributed by atoms with Gasteiger partial charge in [-0.2, -0.15) is 21.6 Å². The topological polar surface area (TPSA) is 34.1 Å². The lowest BCUT2D eigenvalue weighted by Crippen LogP contribution is -2.53. The minimum atomic E-state index is -5.24. The Balaban J connectivity index is 2.87. The molecule has 84 valence electrons. The quantitative estimate of drug-likeness (QED) is 0.544. The van der Waals surface area contributed by atoms with E-state index in [2.05, 4.69) is 0 Å². The molecule has 0 aliphatic heterocycles. The Kier molecular flexibility index (Phi) is 2.54. The van der Waals surface area contributed by atoms with E-state index in [0.717, 1.165) is 0 Å². The van der Waals surface area contributed by atoms with E-state index in [0.29, 0.717) is 0 Å². The number of hydrogen-bond donors (Lipinski definition) is 0. The van der Waals surface area contributed by atoms with Crippen molar-refractivity contribution in [2.24, 2.45) is 5.41 Å². The van der Waals surface area contributed by atoms with Crippen LogP contribution in [0.25, 0.3) is 0 Å². The summed E-state index contributed by atoms with van der Waals surface area (Å²) in [6, 6.07) is 0. The van der Waals surface area contributed by atoms with E-state index in [1.807, 2.05) is 0 Å². The highest BCUT2D eigenvalue weighted by atomic mass is 32.3. The normalized spacial score (nSPS) is 33.9. The summed E-state index contributed by atoms with van der Waals surface area (Å²) < 4.78 is 81.4. The van der Waals surface area contributed by atoms with Crippen LogP contribution < -0.4 is 0 Å². The molecule has 0 aromatic rings. The van der Waals surface area contributed by atoms with E-state index in [4.69, 9.17) is 0 Å². The van der Waals surface area contributed by atoms with Crippen LogP contribution in [-0.2, 0) is 10.2 Å². The van der Waals surface area contributed by atoms with Crippen molar-refractivity contribution in [1.29, 1.82) is 0 Å². The highest BCUT2D eigenvalue weighted by Crippen LogP contribution is 2.54. The standard InChI is InChI=1S/C6H7F5O2S/c7-4-1-5(2-4,6(8,9)10)3-14(11,12)13/h4H,1-3H2. The summed E-state index contributed by atoms with van der Waals surface area (Å²) in [5.41, 5.74) is -2.72. The molecular formula is C6H7F5O2S. The van der Waals surface area contributed by atoms with Crippen LogP contribution in [0.4, 0.5) is 21.4 Å². The van der Waals surface area contributed by atoms with Gasteiger partial charge in [0.25, 0.3) is 0 Å². The van der Waals surface area contributed by atoms with Crippen LogP contribution >= 0.6 is 0 Å². The monoisotopic (exact) mass is 238 g/mol. The molecule has 8 heteroatoms. The zero-order valence-electron chi connectivity index (χ0n) is 6.81. The molecule has 1 aliphatic rings. The van der Waals surface area contributed by atoms with Gasteiger partial charge >= 0.3 is 16.4 Å². The molecule has 0 bridgehead atoms. The third-order valence-electron chi connectivity index (χ3n) is 2.27.